The summed E-state index contributed by atoms with van der Waals surface area (Å²) in [4.78, 5) is 11.5. The summed E-state index contributed by atoms with van der Waals surface area (Å²) >= 11 is 5.89. The van der Waals surface area contributed by atoms with E-state index in [0.717, 1.165) is 6.26 Å². The molecule has 8 heteroatoms. The van der Waals surface area contributed by atoms with E-state index >= 15 is 0 Å². The third-order valence-electron chi connectivity index (χ3n) is 2.71. The van der Waals surface area contributed by atoms with E-state index in [4.69, 9.17) is 16.3 Å². The minimum absolute atomic E-state index is 0. The van der Waals surface area contributed by atoms with E-state index in [-0.39, 0.29) is 46.8 Å². The summed E-state index contributed by atoms with van der Waals surface area (Å²) in [5.41, 5.74) is 0.656. The SMILES string of the molecule is CC(=O)c1ccc(NS(C)(=O)=O)c(Oc2cccc(Cl)c2)c1.[NaH]. The average molecular weight is 364 g/mol. The van der Waals surface area contributed by atoms with Gasteiger partial charge in [-0.3, -0.25) is 9.52 Å². The summed E-state index contributed by atoms with van der Waals surface area (Å²) in [6, 6.07) is 11.2. The first kappa shape index (κ1) is 20.0. The second-order valence-electron chi connectivity index (χ2n) is 4.70. The standard InChI is InChI=1S/C15H14ClNO4S.Na.H/c1-10(18)11-6-7-14(17-22(2,19)20)15(8-11)21-13-5-3-4-12(16)9-13;;/h3-9,17H,1-2H3;;. The van der Waals surface area contributed by atoms with Crippen molar-refractivity contribution in [2.45, 2.75) is 6.92 Å². The number of ketones is 1. The molecule has 0 saturated heterocycles. The molecule has 0 fully saturated rings. The Balaban J connectivity index is 0.00000264. The topological polar surface area (TPSA) is 72.5 Å². The Bertz CT molecular complexity index is 824. The van der Waals surface area contributed by atoms with Gasteiger partial charge in [0.15, 0.2) is 11.5 Å². The molecule has 0 radical (unpaired) electrons. The minimum atomic E-state index is -3.47. The van der Waals surface area contributed by atoms with Gasteiger partial charge in [0.2, 0.25) is 10.0 Å². The molecule has 0 bridgehead atoms. The molecule has 23 heavy (non-hydrogen) atoms. The van der Waals surface area contributed by atoms with Crippen molar-refractivity contribution in [2.24, 2.45) is 0 Å². The number of hydrogen-bond donors (Lipinski definition) is 1. The van der Waals surface area contributed by atoms with E-state index in [1.165, 1.54) is 25.1 Å². The van der Waals surface area contributed by atoms with Crippen LogP contribution in [0.4, 0.5) is 5.69 Å². The van der Waals surface area contributed by atoms with Crippen LogP contribution in [0, 0.1) is 0 Å². The molecule has 0 aromatic heterocycles. The van der Waals surface area contributed by atoms with Crippen molar-refractivity contribution in [3.8, 4) is 11.5 Å². The van der Waals surface area contributed by atoms with Crippen LogP contribution in [0.1, 0.15) is 17.3 Å². The van der Waals surface area contributed by atoms with Gasteiger partial charge in [0.05, 0.1) is 11.9 Å². The fourth-order valence-corrected chi connectivity index (χ4v) is 2.52. The van der Waals surface area contributed by atoms with Crippen molar-refractivity contribution in [1.29, 1.82) is 0 Å². The van der Waals surface area contributed by atoms with Gasteiger partial charge in [-0.2, -0.15) is 0 Å². The van der Waals surface area contributed by atoms with Crippen LogP contribution in [-0.4, -0.2) is 50.0 Å². The van der Waals surface area contributed by atoms with Gasteiger partial charge in [-0.25, -0.2) is 8.42 Å². The van der Waals surface area contributed by atoms with Crippen LogP contribution in [0.5, 0.6) is 11.5 Å². The van der Waals surface area contributed by atoms with E-state index in [0.29, 0.717) is 16.3 Å². The van der Waals surface area contributed by atoms with Crippen molar-refractivity contribution in [3.05, 3.63) is 53.1 Å². The molecule has 0 saturated carbocycles. The fourth-order valence-electron chi connectivity index (χ4n) is 1.77. The third kappa shape index (κ3) is 6.16. The summed E-state index contributed by atoms with van der Waals surface area (Å²) in [7, 11) is -3.47. The van der Waals surface area contributed by atoms with Gasteiger partial charge in [0.1, 0.15) is 5.75 Å². The van der Waals surface area contributed by atoms with Crippen LogP contribution in [0.3, 0.4) is 0 Å². The van der Waals surface area contributed by atoms with Crippen LogP contribution < -0.4 is 9.46 Å². The van der Waals surface area contributed by atoms with E-state index in [2.05, 4.69) is 4.72 Å². The summed E-state index contributed by atoms with van der Waals surface area (Å²) in [5, 5.41) is 0.484. The Kier molecular flexibility index (Phi) is 7.10. The molecule has 0 spiro atoms. The number of halogens is 1. The predicted molar refractivity (Wildman–Crippen MR) is 93.6 cm³/mol. The van der Waals surface area contributed by atoms with Gasteiger partial charge < -0.3 is 4.74 Å². The number of rotatable bonds is 5. The van der Waals surface area contributed by atoms with Crippen molar-refractivity contribution in [2.75, 3.05) is 11.0 Å². The molecule has 0 aliphatic carbocycles. The molecule has 0 amide bonds. The molecule has 0 unspecified atom stereocenters. The summed E-state index contributed by atoms with van der Waals surface area (Å²) in [6.07, 6.45) is 1.04. The van der Waals surface area contributed by atoms with Gasteiger partial charge in [0.25, 0.3) is 0 Å². The molecule has 0 aliphatic heterocycles. The number of hydrogen-bond acceptors (Lipinski definition) is 4. The molecule has 2 rings (SSSR count). The van der Waals surface area contributed by atoms with Crippen LogP contribution >= 0.6 is 11.6 Å². The quantitative estimate of drug-likeness (QED) is 0.654. The molecule has 2 aromatic carbocycles. The normalized spacial score (nSPS) is 10.6. The van der Waals surface area contributed by atoms with E-state index in [1.807, 2.05) is 0 Å². The third-order valence-corrected chi connectivity index (χ3v) is 3.53. The van der Waals surface area contributed by atoms with Crippen molar-refractivity contribution in [3.63, 3.8) is 0 Å². The van der Waals surface area contributed by atoms with Crippen molar-refractivity contribution < 1.29 is 17.9 Å². The maximum atomic E-state index is 11.5. The zero-order valence-corrected chi connectivity index (χ0v) is 13.5. The summed E-state index contributed by atoms with van der Waals surface area (Å²) < 4.78 is 30.9. The van der Waals surface area contributed by atoms with Gasteiger partial charge in [-0.1, -0.05) is 17.7 Å². The first-order valence-electron chi connectivity index (χ1n) is 6.31. The molecular formula is C15H15ClNNaO4S. The van der Waals surface area contributed by atoms with E-state index in [1.54, 1.807) is 24.3 Å². The van der Waals surface area contributed by atoms with Gasteiger partial charge in [0, 0.05) is 10.6 Å². The van der Waals surface area contributed by atoms with Gasteiger partial charge in [-0.05, 0) is 43.3 Å². The number of anilines is 1. The van der Waals surface area contributed by atoms with Crippen molar-refractivity contribution >= 4 is 62.7 Å². The van der Waals surface area contributed by atoms with Gasteiger partial charge >= 0.3 is 29.6 Å². The number of nitrogens with one attached hydrogen (secondary N) is 1. The van der Waals surface area contributed by atoms with Crippen LogP contribution in [0.2, 0.25) is 5.02 Å². The number of carbonyl (C=O) groups is 1. The molecule has 0 atom stereocenters. The fraction of sp³-hybridized carbons (Fsp3) is 0.133. The number of carbonyl (C=O) groups excluding carboxylic acids is 1. The Morgan fingerprint density at radius 2 is 1.87 bits per heavy atom. The Labute approximate surface area is 162 Å². The van der Waals surface area contributed by atoms with Gasteiger partial charge in [-0.15, -0.1) is 0 Å². The molecule has 5 nitrogen and oxygen atoms in total. The second-order valence-corrected chi connectivity index (χ2v) is 6.89. The molecule has 2 aromatic rings. The second kappa shape index (κ2) is 8.17. The van der Waals surface area contributed by atoms with Crippen LogP contribution in [-0.2, 0) is 10.0 Å². The molecule has 1 N–H and O–H groups in total. The molecule has 0 aliphatic rings. The summed E-state index contributed by atoms with van der Waals surface area (Å²) in [6.45, 7) is 1.42. The first-order valence-corrected chi connectivity index (χ1v) is 8.58. The van der Waals surface area contributed by atoms with Crippen LogP contribution in [0.25, 0.3) is 0 Å². The zero-order chi connectivity index (χ0) is 16.3. The van der Waals surface area contributed by atoms with E-state index in [9.17, 15) is 13.2 Å². The molecular weight excluding hydrogens is 349 g/mol. The number of benzene rings is 2. The van der Waals surface area contributed by atoms with E-state index < -0.39 is 10.0 Å². The Morgan fingerprint density at radius 1 is 1.17 bits per heavy atom. The number of sulfonamides is 1. The average Bonchev–Trinajstić information content (AvgIpc) is 2.39. The van der Waals surface area contributed by atoms with Crippen LogP contribution in [0.15, 0.2) is 42.5 Å². The summed E-state index contributed by atoms with van der Waals surface area (Å²) in [5.74, 6) is 0.506. The maximum absolute atomic E-state index is 11.5. The Hall–Kier alpha value is -1.05. The first-order chi connectivity index (χ1) is 10.2. The molecule has 0 heterocycles. The monoisotopic (exact) mass is 363 g/mol. The number of ether oxygens (including phenoxy) is 1. The van der Waals surface area contributed by atoms with Crippen molar-refractivity contribution in [1.82, 2.24) is 0 Å². The molecule has 118 valence electrons. The number of Topliss-reactive ketones (excluding diaryl/α,β-unsaturated/α-hetero) is 1. The predicted octanol–water partition coefficient (Wildman–Crippen LogP) is 3.06. The zero-order valence-electron chi connectivity index (χ0n) is 12.0. The Morgan fingerprint density at radius 3 is 2.43 bits per heavy atom.